The second kappa shape index (κ2) is 7.50. The molecule has 23 heavy (non-hydrogen) atoms. The maximum absolute atomic E-state index is 12.6. The van der Waals surface area contributed by atoms with Gasteiger partial charge in [-0.1, -0.05) is 12.1 Å². The third kappa shape index (κ3) is 4.25. The Balaban J connectivity index is 2.14. The summed E-state index contributed by atoms with van der Waals surface area (Å²) in [5.74, 6) is -0.985. The Morgan fingerprint density at radius 2 is 2.04 bits per heavy atom. The summed E-state index contributed by atoms with van der Waals surface area (Å²) >= 11 is 1.46. The Labute approximate surface area is 139 Å². The van der Waals surface area contributed by atoms with Crippen molar-refractivity contribution < 1.29 is 19.5 Å². The average molecular weight is 336 g/mol. The lowest BCUT2D eigenvalue weighted by Gasteiger charge is -2.32. The highest BCUT2D eigenvalue weighted by Gasteiger charge is 2.28. The van der Waals surface area contributed by atoms with Crippen LogP contribution < -0.4 is 4.90 Å². The van der Waals surface area contributed by atoms with Gasteiger partial charge in [0, 0.05) is 17.5 Å². The van der Waals surface area contributed by atoms with Crippen LogP contribution in [0.4, 0.5) is 5.69 Å². The molecule has 6 nitrogen and oxygen atoms in total. The Kier molecular flexibility index (Phi) is 5.65. The number of hydrogen-bond acceptors (Lipinski definition) is 4. The number of thioether (sulfide) groups is 1. The van der Waals surface area contributed by atoms with Crippen LogP contribution in [0.1, 0.15) is 20.3 Å². The van der Waals surface area contributed by atoms with E-state index in [1.807, 2.05) is 38.1 Å². The van der Waals surface area contributed by atoms with Crippen LogP contribution in [0.3, 0.4) is 0 Å². The largest absolute Gasteiger partial charge is 0.481 e. The van der Waals surface area contributed by atoms with Gasteiger partial charge in [0.25, 0.3) is 0 Å². The lowest BCUT2D eigenvalue weighted by molar-refractivity contribution is -0.139. The first kappa shape index (κ1) is 17.3. The van der Waals surface area contributed by atoms with Crippen molar-refractivity contribution in [1.82, 2.24) is 4.90 Å². The van der Waals surface area contributed by atoms with Crippen molar-refractivity contribution in [3.05, 3.63) is 24.3 Å². The highest BCUT2D eigenvalue weighted by atomic mass is 32.2. The van der Waals surface area contributed by atoms with Gasteiger partial charge in [0.05, 0.1) is 17.9 Å². The van der Waals surface area contributed by atoms with Gasteiger partial charge < -0.3 is 14.9 Å². The summed E-state index contributed by atoms with van der Waals surface area (Å²) in [4.78, 5) is 39.5. The van der Waals surface area contributed by atoms with Crippen LogP contribution in [0.5, 0.6) is 0 Å². The number of nitrogens with zero attached hydrogens (tertiary/aromatic N) is 2. The molecule has 1 aliphatic heterocycles. The molecule has 0 unspecified atom stereocenters. The van der Waals surface area contributed by atoms with Crippen molar-refractivity contribution in [1.29, 1.82) is 0 Å². The van der Waals surface area contributed by atoms with Gasteiger partial charge in [0.15, 0.2) is 0 Å². The highest BCUT2D eigenvalue weighted by Crippen LogP contribution is 2.34. The first-order valence-electron chi connectivity index (χ1n) is 7.43. The third-order valence-corrected chi connectivity index (χ3v) is 4.66. The van der Waals surface area contributed by atoms with E-state index in [9.17, 15) is 14.4 Å². The van der Waals surface area contributed by atoms with Crippen molar-refractivity contribution in [3.8, 4) is 0 Å². The molecule has 0 spiro atoms. The lowest BCUT2D eigenvalue weighted by Crippen LogP contribution is -2.47. The van der Waals surface area contributed by atoms with Crippen LogP contribution in [0.25, 0.3) is 0 Å². The molecular formula is C16H20N2O4S. The molecule has 1 aromatic rings. The fraction of sp³-hybridized carbons (Fsp3) is 0.438. The van der Waals surface area contributed by atoms with E-state index in [4.69, 9.17) is 5.11 Å². The van der Waals surface area contributed by atoms with Crippen LogP contribution in [0.15, 0.2) is 29.2 Å². The zero-order chi connectivity index (χ0) is 17.0. The fourth-order valence-electron chi connectivity index (χ4n) is 2.44. The van der Waals surface area contributed by atoms with Gasteiger partial charge in [-0.05, 0) is 26.0 Å². The summed E-state index contributed by atoms with van der Waals surface area (Å²) in [5, 5.41) is 8.81. The summed E-state index contributed by atoms with van der Waals surface area (Å²) in [6.45, 7) is 3.75. The maximum atomic E-state index is 12.6. The topological polar surface area (TPSA) is 77.9 Å². The quantitative estimate of drug-likeness (QED) is 0.857. The normalized spacial score (nSPS) is 13.9. The SMILES string of the molecule is CC(C)N(CCC(=O)O)C(=O)CN1C(=O)CSc2ccccc21. The molecule has 0 saturated carbocycles. The number of carbonyl (C=O) groups excluding carboxylic acids is 2. The predicted octanol–water partition coefficient (Wildman–Crippen LogP) is 1.84. The summed E-state index contributed by atoms with van der Waals surface area (Å²) in [6, 6.07) is 7.36. The van der Waals surface area contributed by atoms with Crippen LogP contribution >= 0.6 is 11.8 Å². The minimum Gasteiger partial charge on any atom is -0.481 e. The van der Waals surface area contributed by atoms with Gasteiger partial charge in [-0.3, -0.25) is 14.4 Å². The Morgan fingerprint density at radius 3 is 2.70 bits per heavy atom. The van der Waals surface area contributed by atoms with E-state index in [-0.39, 0.29) is 37.4 Å². The third-order valence-electron chi connectivity index (χ3n) is 3.61. The van der Waals surface area contributed by atoms with E-state index in [0.29, 0.717) is 5.75 Å². The van der Waals surface area contributed by atoms with Crippen molar-refractivity contribution in [2.45, 2.75) is 31.2 Å². The number of rotatable bonds is 6. The van der Waals surface area contributed by atoms with Gasteiger partial charge in [-0.2, -0.15) is 0 Å². The van der Waals surface area contributed by atoms with Crippen molar-refractivity contribution in [2.24, 2.45) is 0 Å². The fourth-order valence-corrected chi connectivity index (χ4v) is 3.38. The number of carboxylic acid groups (broad SMARTS) is 1. The monoisotopic (exact) mass is 336 g/mol. The van der Waals surface area contributed by atoms with Crippen molar-refractivity contribution in [3.63, 3.8) is 0 Å². The number of para-hydroxylation sites is 1. The number of hydrogen-bond donors (Lipinski definition) is 1. The molecule has 0 radical (unpaired) electrons. The molecule has 0 atom stereocenters. The molecule has 2 amide bonds. The Bertz CT molecular complexity index is 618. The van der Waals surface area contributed by atoms with Crippen LogP contribution in [-0.4, -0.2) is 52.7 Å². The second-order valence-corrected chi connectivity index (χ2v) is 6.58. The van der Waals surface area contributed by atoms with Gasteiger partial charge >= 0.3 is 5.97 Å². The number of fused-ring (bicyclic) bond motifs is 1. The van der Waals surface area contributed by atoms with Crippen LogP contribution in [0, 0.1) is 0 Å². The number of aliphatic carboxylic acids is 1. The van der Waals surface area contributed by atoms with Crippen LogP contribution in [0.2, 0.25) is 0 Å². The number of anilines is 1. The van der Waals surface area contributed by atoms with E-state index >= 15 is 0 Å². The molecule has 0 aliphatic carbocycles. The Morgan fingerprint density at radius 1 is 1.35 bits per heavy atom. The highest BCUT2D eigenvalue weighted by molar-refractivity contribution is 8.00. The molecule has 1 heterocycles. The Hall–Kier alpha value is -2.02. The van der Waals surface area contributed by atoms with E-state index in [1.54, 1.807) is 0 Å². The molecule has 0 fully saturated rings. The summed E-state index contributed by atoms with van der Waals surface area (Å²) in [7, 11) is 0. The summed E-state index contributed by atoms with van der Waals surface area (Å²) in [6.07, 6.45) is -0.107. The molecule has 2 rings (SSSR count). The minimum absolute atomic E-state index is 0.0613. The summed E-state index contributed by atoms with van der Waals surface area (Å²) < 4.78 is 0. The van der Waals surface area contributed by atoms with Crippen molar-refractivity contribution in [2.75, 3.05) is 23.7 Å². The lowest BCUT2D eigenvalue weighted by atomic mass is 10.2. The van der Waals surface area contributed by atoms with E-state index in [2.05, 4.69) is 0 Å². The number of amides is 2. The molecule has 1 aliphatic rings. The molecule has 1 N–H and O–H groups in total. The number of benzene rings is 1. The molecule has 124 valence electrons. The van der Waals surface area contributed by atoms with E-state index in [1.165, 1.54) is 21.6 Å². The number of carbonyl (C=O) groups is 3. The van der Waals surface area contributed by atoms with E-state index < -0.39 is 5.97 Å². The molecular weight excluding hydrogens is 316 g/mol. The maximum Gasteiger partial charge on any atom is 0.305 e. The van der Waals surface area contributed by atoms with E-state index in [0.717, 1.165) is 10.6 Å². The predicted molar refractivity (Wildman–Crippen MR) is 88.6 cm³/mol. The molecule has 0 bridgehead atoms. The smallest absolute Gasteiger partial charge is 0.305 e. The van der Waals surface area contributed by atoms with Gasteiger partial charge in [0.2, 0.25) is 11.8 Å². The zero-order valence-corrected chi connectivity index (χ0v) is 14.0. The van der Waals surface area contributed by atoms with Gasteiger partial charge in [-0.15, -0.1) is 11.8 Å². The second-order valence-electron chi connectivity index (χ2n) is 5.56. The van der Waals surface area contributed by atoms with Gasteiger partial charge in [-0.25, -0.2) is 0 Å². The standard InChI is InChI=1S/C16H20N2O4S/c1-11(2)17(8-7-16(21)22)14(19)9-18-12-5-3-4-6-13(12)23-10-15(18)20/h3-6,11H,7-10H2,1-2H3,(H,21,22). The summed E-state index contributed by atoms with van der Waals surface area (Å²) in [5.41, 5.74) is 0.740. The molecule has 0 saturated heterocycles. The number of carboxylic acids is 1. The molecule has 1 aromatic carbocycles. The molecule has 7 heteroatoms. The van der Waals surface area contributed by atoms with Gasteiger partial charge in [0.1, 0.15) is 6.54 Å². The minimum atomic E-state index is -0.945. The van der Waals surface area contributed by atoms with Crippen LogP contribution in [-0.2, 0) is 14.4 Å². The first-order chi connectivity index (χ1) is 10.9. The first-order valence-corrected chi connectivity index (χ1v) is 8.42. The van der Waals surface area contributed by atoms with Crippen molar-refractivity contribution >= 4 is 35.2 Å². The zero-order valence-electron chi connectivity index (χ0n) is 13.2. The molecule has 0 aromatic heterocycles. The average Bonchev–Trinajstić information content (AvgIpc) is 2.49.